The molecule has 3 atom stereocenters. The first-order valence-electron chi connectivity index (χ1n) is 11.8. The van der Waals surface area contributed by atoms with Crippen LogP contribution in [0.15, 0.2) is 42.5 Å². The van der Waals surface area contributed by atoms with Crippen LogP contribution in [-0.4, -0.2) is 58.2 Å². The van der Waals surface area contributed by atoms with E-state index in [0.29, 0.717) is 5.69 Å². The van der Waals surface area contributed by atoms with Gasteiger partial charge in [-0.3, -0.25) is 24.0 Å². The number of anilines is 1. The Morgan fingerprint density at radius 2 is 1.51 bits per heavy atom. The van der Waals surface area contributed by atoms with E-state index in [1.807, 2.05) is 18.2 Å². The van der Waals surface area contributed by atoms with Crippen LogP contribution < -0.4 is 16.0 Å². The number of hydrogen-bond donors (Lipinski definition) is 5. The summed E-state index contributed by atoms with van der Waals surface area (Å²) in [5.41, 5.74) is 0.469. The Morgan fingerprint density at radius 1 is 0.865 bits per heavy atom. The van der Waals surface area contributed by atoms with Gasteiger partial charge in [-0.25, -0.2) is 0 Å². The van der Waals surface area contributed by atoms with Crippen LogP contribution >= 0.6 is 0 Å². The summed E-state index contributed by atoms with van der Waals surface area (Å²) in [6.45, 7) is 3.52. The van der Waals surface area contributed by atoms with Crippen molar-refractivity contribution in [2.45, 2.75) is 51.6 Å². The van der Waals surface area contributed by atoms with Crippen LogP contribution in [0.2, 0.25) is 0 Å². The molecule has 0 fully saturated rings. The summed E-state index contributed by atoms with van der Waals surface area (Å²) in [5, 5.41) is 27.1. The molecule has 0 aliphatic rings. The number of carboxylic acids is 2. The second-order valence-electron chi connectivity index (χ2n) is 9.04. The van der Waals surface area contributed by atoms with E-state index in [2.05, 4.69) is 16.0 Å². The van der Waals surface area contributed by atoms with E-state index in [-0.39, 0.29) is 25.0 Å². The summed E-state index contributed by atoms with van der Waals surface area (Å²) < 4.78 is 0. The molecule has 11 nitrogen and oxygen atoms in total. The first kappa shape index (κ1) is 29.0. The van der Waals surface area contributed by atoms with Gasteiger partial charge in [0.15, 0.2) is 0 Å². The number of hydrogen-bond acceptors (Lipinski definition) is 6. The molecule has 0 aliphatic heterocycles. The quantitative estimate of drug-likeness (QED) is 0.188. The van der Waals surface area contributed by atoms with Crippen molar-refractivity contribution in [1.29, 1.82) is 0 Å². The molecule has 11 heteroatoms. The summed E-state index contributed by atoms with van der Waals surface area (Å²) in [6.07, 6.45) is -0.985. The van der Waals surface area contributed by atoms with Crippen LogP contribution in [0.3, 0.4) is 0 Å². The van der Waals surface area contributed by atoms with Crippen LogP contribution in [0.1, 0.15) is 39.5 Å². The lowest BCUT2D eigenvalue weighted by Gasteiger charge is -2.24. The van der Waals surface area contributed by atoms with Gasteiger partial charge < -0.3 is 31.0 Å². The van der Waals surface area contributed by atoms with Gasteiger partial charge in [-0.2, -0.15) is 0 Å². The number of carboxylic acid groups (broad SMARTS) is 2. The van der Waals surface area contributed by atoms with Gasteiger partial charge in [-0.15, -0.1) is 0 Å². The molecule has 3 amide bonds. The Morgan fingerprint density at radius 3 is 2.14 bits per heavy atom. The minimum atomic E-state index is -1.34. The van der Waals surface area contributed by atoms with E-state index in [1.165, 1.54) is 0 Å². The van der Waals surface area contributed by atoms with Crippen molar-refractivity contribution in [2.24, 2.45) is 11.8 Å². The monoisotopic (exact) mass is 513 g/mol. The largest absolute Gasteiger partial charge is 0.481 e. The highest BCUT2D eigenvalue weighted by Crippen LogP contribution is 2.23. The minimum absolute atomic E-state index is 0.0485. The van der Waals surface area contributed by atoms with Crippen LogP contribution in [0.4, 0.5) is 5.69 Å². The third kappa shape index (κ3) is 9.02. The first-order valence-corrected chi connectivity index (χ1v) is 11.8. The summed E-state index contributed by atoms with van der Waals surface area (Å²) >= 11 is 0. The standard InChI is InChI=1S/C26H31N3O8/c1-15(2)12-19(24(35)27-17(14-30)13-23(33)34)25(36)29-21(10-11-22(31)32)26(37)28-20-9-5-7-16-6-3-4-8-18(16)20/h3-9,14-15,17,19,21H,10-13H2,1-2H3,(H,27,35)(H,28,37)(H,29,36)(H,31,32)(H,33,34). The number of carbonyl (C=O) groups excluding carboxylic acids is 4. The number of aliphatic carboxylic acids is 2. The van der Waals surface area contributed by atoms with Crippen molar-refractivity contribution in [1.82, 2.24) is 10.6 Å². The van der Waals surface area contributed by atoms with Gasteiger partial charge in [0.05, 0.1) is 12.5 Å². The molecule has 37 heavy (non-hydrogen) atoms. The SMILES string of the molecule is CC(C)CC(C(=O)NC(C=O)CC(=O)O)C(=O)NC(CCC(=O)O)C(=O)Nc1cccc2ccccc12. The Kier molecular flexibility index (Phi) is 10.7. The zero-order valence-corrected chi connectivity index (χ0v) is 20.6. The van der Waals surface area contributed by atoms with Crippen molar-refractivity contribution >= 4 is 52.4 Å². The normalized spacial score (nSPS) is 13.3. The molecule has 2 aromatic carbocycles. The Balaban J connectivity index is 2.25. The number of aldehydes is 1. The van der Waals surface area contributed by atoms with Crippen LogP contribution in [0, 0.1) is 11.8 Å². The Hall–Kier alpha value is -4.28. The topological polar surface area (TPSA) is 179 Å². The van der Waals surface area contributed by atoms with Crippen molar-refractivity contribution in [3.63, 3.8) is 0 Å². The molecule has 5 N–H and O–H groups in total. The lowest BCUT2D eigenvalue weighted by Crippen LogP contribution is -2.51. The molecule has 2 rings (SSSR count). The Bertz CT molecular complexity index is 1160. The third-order valence-electron chi connectivity index (χ3n) is 5.55. The van der Waals surface area contributed by atoms with E-state index >= 15 is 0 Å². The molecule has 198 valence electrons. The fraction of sp³-hybridized carbons (Fsp3) is 0.385. The van der Waals surface area contributed by atoms with Gasteiger partial charge >= 0.3 is 11.9 Å². The van der Waals surface area contributed by atoms with E-state index < -0.39 is 60.5 Å². The predicted molar refractivity (Wildman–Crippen MR) is 135 cm³/mol. The molecule has 0 heterocycles. The fourth-order valence-corrected chi connectivity index (χ4v) is 3.77. The zero-order chi connectivity index (χ0) is 27.5. The predicted octanol–water partition coefficient (Wildman–Crippen LogP) is 1.95. The Labute approximate surface area is 213 Å². The number of benzene rings is 2. The molecule has 0 aliphatic carbocycles. The van der Waals surface area contributed by atoms with Gasteiger partial charge in [-0.05, 0) is 30.2 Å². The number of nitrogens with one attached hydrogen (secondary N) is 3. The number of rotatable bonds is 14. The molecule has 0 aromatic heterocycles. The maximum absolute atomic E-state index is 13.1. The molecule has 0 radical (unpaired) electrons. The summed E-state index contributed by atoms with van der Waals surface area (Å²) in [6, 6.07) is 9.99. The maximum atomic E-state index is 13.1. The third-order valence-corrected chi connectivity index (χ3v) is 5.55. The minimum Gasteiger partial charge on any atom is -0.481 e. The highest BCUT2D eigenvalue weighted by molar-refractivity contribution is 6.06. The van der Waals surface area contributed by atoms with E-state index in [0.717, 1.165) is 10.8 Å². The second-order valence-corrected chi connectivity index (χ2v) is 9.04. The van der Waals surface area contributed by atoms with E-state index in [4.69, 9.17) is 10.2 Å². The highest BCUT2D eigenvalue weighted by atomic mass is 16.4. The zero-order valence-electron chi connectivity index (χ0n) is 20.6. The first-order chi connectivity index (χ1) is 17.5. The van der Waals surface area contributed by atoms with Crippen molar-refractivity contribution < 1.29 is 39.0 Å². The average Bonchev–Trinajstić information content (AvgIpc) is 2.84. The van der Waals surface area contributed by atoms with E-state index in [1.54, 1.807) is 38.1 Å². The molecular weight excluding hydrogens is 482 g/mol. The van der Waals surface area contributed by atoms with Crippen molar-refractivity contribution in [3.05, 3.63) is 42.5 Å². The average molecular weight is 514 g/mol. The van der Waals surface area contributed by atoms with Crippen molar-refractivity contribution in [3.8, 4) is 0 Å². The summed E-state index contributed by atoms with van der Waals surface area (Å²) in [7, 11) is 0. The van der Waals surface area contributed by atoms with E-state index in [9.17, 15) is 28.8 Å². The van der Waals surface area contributed by atoms with Gasteiger partial charge in [0, 0.05) is 17.5 Å². The molecule has 2 aromatic rings. The molecule has 0 spiro atoms. The van der Waals surface area contributed by atoms with Gasteiger partial charge in [-0.1, -0.05) is 50.2 Å². The smallest absolute Gasteiger partial charge is 0.305 e. The maximum Gasteiger partial charge on any atom is 0.305 e. The van der Waals surface area contributed by atoms with Crippen LogP contribution in [0.25, 0.3) is 10.8 Å². The summed E-state index contributed by atoms with van der Waals surface area (Å²) in [5.74, 6) is -6.32. The molecule has 0 saturated heterocycles. The van der Waals surface area contributed by atoms with Crippen LogP contribution in [-0.2, 0) is 28.8 Å². The fourth-order valence-electron chi connectivity index (χ4n) is 3.77. The highest BCUT2D eigenvalue weighted by Gasteiger charge is 2.32. The number of fused-ring (bicyclic) bond motifs is 1. The number of carbonyl (C=O) groups is 6. The second kappa shape index (κ2) is 13.7. The lowest BCUT2D eigenvalue weighted by atomic mass is 9.94. The lowest BCUT2D eigenvalue weighted by molar-refractivity contribution is -0.141. The number of amides is 3. The van der Waals surface area contributed by atoms with Gasteiger partial charge in [0.25, 0.3) is 0 Å². The van der Waals surface area contributed by atoms with Gasteiger partial charge in [0.1, 0.15) is 18.2 Å². The van der Waals surface area contributed by atoms with Crippen molar-refractivity contribution in [2.75, 3.05) is 5.32 Å². The van der Waals surface area contributed by atoms with Crippen LogP contribution in [0.5, 0.6) is 0 Å². The molecular formula is C26H31N3O8. The molecule has 3 unspecified atom stereocenters. The molecule has 0 bridgehead atoms. The van der Waals surface area contributed by atoms with Gasteiger partial charge in [0.2, 0.25) is 17.7 Å². The summed E-state index contributed by atoms with van der Waals surface area (Å²) in [4.78, 5) is 72.4. The molecule has 0 saturated carbocycles.